The van der Waals surface area contributed by atoms with E-state index in [0.29, 0.717) is 13.1 Å². The van der Waals surface area contributed by atoms with Crippen molar-refractivity contribution in [1.29, 1.82) is 0 Å². The molecule has 3 aromatic rings. The second-order valence-corrected chi connectivity index (χ2v) is 8.10. The van der Waals surface area contributed by atoms with Crippen LogP contribution in [0.2, 0.25) is 0 Å². The number of hydrogen-bond donors (Lipinski definition) is 2. The summed E-state index contributed by atoms with van der Waals surface area (Å²) in [5, 5.41) is 17.0. The number of aliphatic hydroxyl groups excluding tert-OH is 1. The fraction of sp³-hybridized carbons (Fsp3) is 0.391. The molecule has 1 unspecified atom stereocenters. The molecule has 1 aliphatic heterocycles. The molecule has 1 aliphatic rings. The molecule has 8 nitrogen and oxygen atoms in total. The molecular weight excluding hydrogens is 394 g/mol. The van der Waals surface area contributed by atoms with Gasteiger partial charge in [-0.05, 0) is 28.5 Å². The summed E-state index contributed by atoms with van der Waals surface area (Å²) in [5.41, 5.74) is 7.34. The average Bonchev–Trinajstić information content (AvgIpc) is 3.19. The number of aromatic nitrogens is 2. The Labute approximate surface area is 181 Å². The van der Waals surface area contributed by atoms with Gasteiger partial charge in [-0.2, -0.15) is 5.10 Å². The Kier molecular flexibility index (Phi) is 6.50. The fourth-order valence-corrected chi connectivity index (χ4v) is 4.06. The number of ether oxygens (including phenoxy) is 1. The van der Waals surface area contributed by atoms with E-state index < -0.39 is 6.10 Å². The van der Waals surface area contributed by atoms with Crippen molar-refractivity contribution in [1.82, 2.24) is 19.6 Å². The van der Waals surface area contributed by atoms with Gasteiger partial charge in [0.25, 0.3) is 0 Å². The summed E-state index contributed by atoms with van der Waals surface area (Å²) in [6, 6.07) is 12.2. The second kappa shape index (κ2) is 9.47. The third-order valence-electron chi connectivity index (χ3n) is 5.61. The fourth-order valence-electron chi connectivity index (χ4n) is 4.06. The van der Waals surface area contributed by atoms with E-state index in [1.807, 2.05) is 48.6 Å². The Hall–Kier alpha value is -2.94. The van der Waals surface area contributed by atoms with Crippen LogP contribution >= 0.6 is 0 Å². The average molecular weight is 424 g/mol. The first-order chi connectivity index (χ1) is 15.0. The maximum Gasteiger partial charge on any atom is 0.231 e. The highest BCUT2D eigenvalue weighted by molar-refractivity contribution is 5.97. The van der Waals surface area contributed by atoms with Crippen molar-refractivity contribution in [3.63, 3.8) is 0 Å². The third-order valence-corrected chi connectivity index (χ3v) is 5.61. The van der Waals surface area contributed by atoms with E-state index >= 15 is 0 Å². The summed E-state index contributed by atoms with van der Waals surface area (Å²) in [6.45, 7) is 4.18. The Bertz CT molecular complexity index is 1040. The van der Waals surface area contributed by atoms with Crippen LogP contribution in [0.4, 0.5) is 0 Å². The highest BCUT2D eigenvalue weighted by atomic mass is 16.5. The van der Waals surface area contributed by atoms with Gasteiger partial charge in [0.1, 0.15) is 18.5 Å². The molecule has 1 atom stereocenters. The van der Waals surface area contributed by atoms with Gasteiger partial charge in [0, 0.05) is 51.5 Å². The highest BCUT2D eigenvalue weighted by Gasteiger charge is 2.20. The van der Waals surface area contributed by atoms with Crippen LogP contribution < -0.4 is 10.5 Å². The van der Waals surface area contributed by atoms with Crippen molar-refractivity contribution in [2.45, 2.75) is 6.10 Å². The number of carbonyl (C=O) groups excluding carboxylic acids is 1. The Morgan fingerprint density at radius 3 is 2.65 bits per heavy atom. The zero-order valence-electron chi connectivity index (χ0n) is 17.8. The molecule has 1 amide bonds. The van der Waals surface area contributed by atoms with Gasteiger partial charge < -0.3 is 15.6 Å². The molecule has 1 fully saturated rings. The number of carbonyl (C=O) groups is 1. The van der Waals surface area contributed by atoms with E-state index in [4.69, 9.17) is 10.5 Å². The number of primary amides is 1. The molecule has 2 heterocycles. The minimum Gasteiger partial charge on any atom is -0.491 e. The molecule has 8 heteroatoms. The number of hydrogen-bond acceptors (Lipinski definition) is 6. The van der Waals surface area contributed by atoms with Gasteiger partial charge in [0.05, 0.1) is 12.7 Å². The lowest BCUT2D eigenvalue weighted by atomic mass is 10.00. The first-order valence-electron chi connectivity index (χ1n) is 10.5. The van der Waals surface area contributed by atoms with Gasteiger partial charge in [-0.25, -0.2) is 0 Å². The van der Waals surface area contributed by atoms with Gasteiger partial charge in [-0.1, -0.05) is 24.3 Å². The Balaban J connectivity index is 1.38. The zero-order valence-corrected chi connectivity index (χ0v) is 17.8. The number of benzene rings is 2. The molecule has 0 saturated carbocycles. The molecule has 164 valence electrons. The Morgan fingerprint density at radius 2 is 1.94 bits per heavy atom. The van der Waals surface area contributed by atoms with E-state index in [0.717, 1.165) is 53.8 Å². The lowest BCUT2D eigenvalue weighted by molar-refractivity contribution is -0.119. The summed E-state index contributed by atoms with van der Waals surface area (Å²) >= 11 is 0. The minimum absolute atomic E-state index is 0.215. The molecule has 0 bridgehead atoms. The number of aliphatic hydroxyl groups is 1. The molecule has 0 radical (unpaired) electrons. The Morgan fingerprint density at radius 1 is 1.19 bits per heavy atom. The molecule has 0 aliphatic carbocycles. The summed E-state index contributed by atoms with van der Waals surface area (Å²) < 4.78 is 7.77. The number of nitrogens with two attached hydrogens (primary N) is 1. The number of piperazine rings is 1. The van der Waals surface area contributed by atoms with E-state index in [9.17, 15) is 9.90 Å². The molecule has 1 saturated heterocycles. The van der Waals surface area contributed by atoms with Crippen LogP contribution in [-0.2, 0) is 11.8 Å². The predicted octanol–water partition coefficient (Wildman–Crippen LogP) is 1.08. The summed E-state index contributed by atoms with van der Waals surface area (Å²) in [6.07, 6.45) is 3.23. The monoisotopic (exact) mass is 423 g/mol. The summed E-state index contributed by atoms with van der Waals surface area (Å²) in [4.78, 5) is 15.3. The molecule has 0 spiro atoms. The van der Waals surface area contributed by atoms with E-state index in [1.54, 1.807) is 4.68 Å². The number of β-amino-alcohol motifs (C(OH)–C–C–N with tert-alkyl or cyclic N) is 1. The van der Waals surface area contributed by atoms with Gasteiger partial charge in [-0.3, -0.25) is 19.3 Å². The SMILES string of the molecule is Cn1cc(-c2cc(OCC(O)CN3CCN(CC(N)=O)CC3)cc3ccccc23)cn1. The van der Waals surface area contributed by atoms with Crippen molar-refractivity contribution in [2.24, 2.45) is 12.8 Å². The van der Waals surface area contributed by atoms with Crippen LogP contribution in [0.1, 0.15) is 0 Å². The highest BCUT2D eigenvalue weighted by Crippen LogP contribution is 2.33. The lowest BCUT2D eigenvalue weighted by Crippen LogP contribution is -2.50. The zero-order chi connectivity index (χ0) is 21.8. The number of amides is 1. The first kappa shape index (κ1) is 21.3. The van der Waals surface area contributed by atoms with Crippen molar-refractivity contribution in [2.75, 3.05) is 45.9 Å². The van der Waals surface area contributed by atoms with Crippen molar-refractivity contribution in [3.05, 3.63) is 48.8 Å². The maximum atomic E-state index is 11.0. The molecule has 4 rings (SSSR count). The molecule has 2 aromatic carbocycles. The first-order valence-corrected chi connectivity index (χ1v) is 10.5. The largest absolute Gasteiger partial charge is 0.491 e. The van der Waals surface area contributed by atoms with Crippen LogP contribution in [0.5, 0.6) is 5.75 Å². The molecule has 1 aromatic heterocycles. The predicted molar refractivity (Wildman–Crippen MR) is 120 cm³/mol. The van der Waals surface area contributed by atoms with Crippen LogP contribution in [0.3, 0.4) is 0 Å². The van der Waals surface area contributed by atoms with Crippen molar-refractivity contribution in [3.8, 4) is 16.9 Å². The quantitative estimate of drug-likeness (QED) is 0.563. The van der Waals surface area contributed by atoms with Gasteiger partial charge >= 0.3 is 0 Å². The molecule has 31 heavy (non-hydrogen) atoms. The van der Waals surface area contributed by atoms with Crippen molar-refractivity contribution < 1.29 is 14.6 Å². The van der Waals surface area contributed by atoms with Gasteiger partial charge in [0.2, 0.25) is 5.91 Å². The van der Waals surface area contributed by atoms with Crippen LogP contribution in [0.15, 0.2) is 48.8 Å². The third kappa shape index (κ3) is 5.41. The molecule has 3 N–H and O–H groups in total. The second-order valence-electron chi connectivity index (χ2n) is 8.10. The van der Waals surface area contributed by atoms with E-state index in [2.05, 4.69) is 22.1 Å². The van der Waals surface area contributed by atoms with Crippen LogP contribution in [0, 0.1) is 0 Å². The smallest absolute Gasteiger partial charge is 0.231 e. The van der Waals surface area contributed by atoms with Crippen LogP contribution in [-0.4, -0.2) is 82.6 Å². The minimum atomic E-state index is -0.601. The summed E-state index contributed by atoms with van der Waals surface area (Å²) in [5.74, 6) is 0.422. The topological polar surface area (TPSA) is 96.9 Å². The number of rotatable bonds is 8. The van der Waals surface area contributed by atoms with Crippen LogP contribution in [0.25, 0.3) is 21.9 Å². The van der Waals surface area contributed by atoms with E-state index in [1.165, 1.54) is 0 Å². The van der Waals surface area contributed by atoms with E-state index in [-0.39, 0.29) is 12.5 Å². The summed E-state index contributed by atoms with van der Waals surface area (Å²) in [7, 11) is 1.90. The number of fused-ring (bicyclic) bond motifs is 1. The van der Waals surface area contributed by atoms with Gasteiger partial charge in [-0.15, -0.1) is 0 Å². The molecular formula is C23H29N5O3. The number of nitrogens with zero attached hydrogens (tertiary/aromatic N) is 4. The lowest BCUT2D eigenvalue weighted by Gasteiger charge is -2.34. The number of aryl methyl sites for hydroxylation is 1. The standard InChI is InChI=1S/C23H29N5O3/c1-26-13-18(12-25-26)22-11-20(10-17-4-2-3-5-21(17)22)31-16-19(29)14-27-6-8-28(9-7-27)15-23(24)30/h2-5,10-13,19,29H,6-9,14-16H2,1H3,(H2,24,30). The van der Waals surface area contributed by atoms with Crippen molar-refractivity contribution >= 4 is 16.7 Å². The maximum absolute atomic E-state index is 11.0. The normalized spacial score (nSPS) is 16.5. The van der Waals surface area contributed by atoms with Gasteiger partial charge in [0.15, 0.2) is 0 Å².